The molecule has 4 aromatic carbocycles. The number of aromatic amines is 1. The Balaban J connectivity index is 1.41. The summed E-state index contributed by atoms with van der Waals surface area (Å²) in [5.74, 6) is -2.42. The van der Waals surface area contributed by atoms with Crippen molar-refractivity contribution in [3.63, 3.8) is 0 Å². The van der Waals surface area contributed by atoms with Crippen LogP contribution in [0.2, 0.25) is 0 Å². The Labute approximate surface area is 236 Å². The lowest BCUT2D eigenvalue weighted by Gasteiger charge is -2.31. The average Bonchev–Trinajstić information content (AvgIpc) is 3.51. The van der Waals surface area contributed by atoms with Gasteiger partial charge in [-0.1, -0.05) is 78.4 Å². The number of hydrogen-bond donors (Lipinski definition) is 3. The van der Waals surface area contributed by atoms with Gasteiger partial charge in [0.25, 0.3) is 17.7 Å². The molecule has 0 aliphatic carbocycles. The first-order chi connectivity index (χ1) is 19.8. The summed E-state index contributed by atoms with van der Waals surface area (Å²) in [6.07, 6.45) is 0. The zero-order valence-corrected chi connectivity index (χ0v) is 22.4. The van der Waals surface area contributed by atoms with E-state index in [4.69, 9.17) is 0 Å². The fourth-order valence-corrected chi connectivity index (χ4v) is 5.49. The number of halogens is 1. The fourth-order valence-electron chi connectivity index (χ4n) is 5.49. The molecule has 204 valence electrons. The Morgan fingerprint density at radius 2 is 1.56 bits per heavy atom. The second kappa shape index (κ2) is 10.4. The standard InChI is InChI=1S/C33H27FN4O3/c1-19-15-17-21(18-16-19)29-28(25-12-6-8-14-27(25)35-29)30-22-9-3-4-10-23(22)33(41)38(30)20(2)31(39)36-37-32(40)24-11-5-7-13-26(24)34/h3-18,20,30,35H,1-2H3,(H,36,39)(H,37,40). The third-order valence-corrected chi connectivity index (χ3v) is 7.57. The van der Waals surface area contributed by atoms with Crippen LogP contribution in [0.5, 0.6) is 0 Å². The molecule has 7 nitrogen and oxygen atoms in total. The molecular weight excluding hydrogens is 519 g/mol. The molecule has 1 aromatic heterocycles. The predicted octanol–water partition coefficient (Wildman–Crippen LogP) is 5.68. The summed E-state index contributed by atoms with van der Waals surface area (Å²) in [7, 11) is 0. The van der Waals surface area contributed by atoms with Crippen LogP contribution in [0.15, 0.2) is 97.1 Å². The van der Waals surface area contributed by atoms with Crippen LogP contribution in [0.3, 0.4) is 0 Å². The maximum absolute atomic E-state index is 14.1. The van der Waals surface area contributed by atoms with Gasteiger partial charge >= 0.3 is 0 Å². The van der Waals surface area contributed by atoms with E-state index in [0.29, 0.717) is 5.56 Å². The van der Waals surface area contributed by atoms with E-state index in [1.807, 2.05) is 67.6 Å². The average molecular weight is 547 g/mol. The predicted molar refractivity (Wildman–Crippen MR) is 154 cm³/mol. The molecule has 0 bridgehead atoms. The van der Waals surface area contributed by atoms with Gasteiger partial charge in [0, 0.05) is 22.0 Å². The van der Waals surface area contributed by atoms with E-state index in [0.717, 1.165) is 44.9 Å². The molecule has 1 aliphatic rings. The smallest absolute Gasteiger partial charge is 0.272 e. The number of nitrogens with zero attached hydrogens (tertiary/aromatic N) is 1. The number of rotatable bonds is 5. The Kier molecular flexibility index (Phi) is 6.59. The van der Waals surface area contributed by atoms with Crippen molar-refractivity contribution in [2.24, 2.45) is 0 Å². The normalized spacial score (nSPS) is 15.0. The zero-order valence-electron chi connectivity index (χ0n) is 22.4. The molecule has 3 N–H and O–H groups in total. The van der Waals surface area contributed by atoms with Crippen LogP contribution in [0, 0.1) is 12.7 Å². The maximum atomic E-state index is 14.1. The molecule has 2 heterocycles. The van der Waals surface area contributed by atoms with Gasteiger partial charge in [-0.25, -0.2) is 4.39 Å². The number of hydrogen-bond acceptors (Lipinski definition) is 3. The summed E-state index contributed by atoms with van der Waals surface area (Å²) < 4.78 is 14.1. The largest absolute Gasteiger partial charge is 0.354 e. The molecule has 8 heteroatoms. The molecule has 0 spiro atoms. The van der Waals surface area contributed by atoms with Crippen LogP contribution >= 0.6 is 0 Å². The molecule has 1 aliphatic heterocycles. The highest BCUT2D eigenvalue weighted by Crippen LogP contribution is 2.46. The number of benzene rings is 4. The van der Waals surface area contributed by atoms with Crippen LogP contribution in [-0.2, 0) is 4.79 Å². The van der Waals surface area contributed by atoms with Gasteiger partial charge in [0.15, 0.2) is 0 Å². The highest BCUT2D eigenvalue weighted by atomic mass is 19.1. The van der Waals surface area contributed by atoms with Crippen molar-refractivity contribution in [3.8, 4) is 11.3 Å². The molecule has 0 radical (unpaired) electrons. The highest BCUT2D eigenvalue weighted by molar-refractivity contribution is 6.04. The zero-order chi connectivity index (χ0) is 28.7. The van der Waals surface area contributed by atoms with Gasteiger partial charge < -0.3 is 9.88 Å². The van der Waals surface area contributed by atoms with Crippen molar-refractivity contribution >= 4 is 28.6 Å². The quantitative estimate of drug-likeness (QED) is 0.248. The molecule has 0 fully saturated rings. The van der Waals surface area contributed by atoms with Crippen molar-refractivity contribution in [3.05, 3.63) is 131 Å². The number of hydrazine groups is 1. The molecular formula is C33H27FN4O3. The van der Waals surface area contributed by atoms with Gasteiger partial charge in [-0.2, -0.15) is 0 Å². The van der Waals surface area contributed by atoms with Crippen molar-refractivity contribution in [1.82, 2.24) is 20.7 Å². The molecule has 6 rings (SSSR count). The lowest BCUT2D eigenvalue weighted by molar-refractivity contribution is -0.126. The van der Waals surface area contributed by atoms with E-state index >= 15 is 0 Å². The van der Waals surface area contributed by atoms with Crippen molar-refractivity contribution in [2.45, 2.75) is 25.9 Å². The minimum atomic E-state index is -0.986. The number of nitrogens with one attached hydrogen (secondary N) is 3. The Hall–Kier alpha value is -5.24. The summed E-state index contributed by atoms with van der Waals surface area (Å²) in [5.41, 5.74) is 10.5. The molecule has 0 saturated carbocycles. The lowest BCUT2D eigenvalue weighted by Crippen LogP contribution is -2.52. The number of fused-ring (bicyclic) bond motifs is 2. The minimum Gasteiger partial charge on any atom is -0.354 e. The molecule has 0 saturated heterocycles. The van der Waals surface area contributed by atoms with Gasteiger partial charge in [-0.05, 0) is 49.2 Å². The van der Waals surface area contributed by atoms with Gasteiger partial charge in [-0.3, -0.25) is 25.2 Å². The van der Waals surface area contributed by atoms with Crippen LogP contribution < -0.4 is 10.9 Å². The molecule has 5 aromatic rings. The number of carbonyl (C=O) groups is 3. The van der Waals surface area contributed by atoms with Crippen molar-refractivity contribution in [2.75, 3.05) is 0 Å². The topological polar surface area (TPSA) is 94.3 Å². The number of para-hydroxylation sites is 1. The van der Waals surface area contributed by atoms with Crippen LogP contribution in [0.1, 0.15) is 50.4 Å². The minimum absolute atomic E-state index is 0.204. The summed E-state index contributed by atoms with van der Waals surface area (Å²) in [6.45, 7) is 3.64. The first kappa shape index (κ1) is 26.0. The second-order valence-corrected chi connectivity index (χ2v) is 10.1. The Morgan fingerprint density at radius 1 is 0.878 bits per heavy atom. The highest BCUT2D eigenvalue weighted by Gasteiger charge is 2.44. The monoisotopic (exact) mass is 546 g/mol. The van der Waals surface area contributed by atoms with E-state index in [9.17, 15) is 18.8 Å². The molecule has 2 unspecified atom stereocenters. The van der Waals surface area contributed by atoms with E-state index in [2.05, 4.69) is 15.8 Å². The van der Waals surface area contributed by atoms with E-state index in [-0.39, 0.29) is 11.5 Å². The van der Waals surface area contributed by atoms with Crippen LogP contribution in [0.25, 0.3) is 22.2 Å². The van der Waals surface area contributed by atoms with Crippen LogP contribution in [-0.4, -0.2) is 33.6 Å². The second-order valence-electron chi connectivity index (χ2n) is 10.1. The van der Waals surface area contributed by atoms with Crippen LogP contribution in [0.4, 0.5) is 4.39 Å². The van der Waals surface area contributed by atoms with Gasteiger partial charge in [-0.15, -0.1) is 0 Å². The van der Waals surface area contributed by atoms with Gasteiger partial charge in [0.2, 0.25) is 0 Å². The third-order valence-electron chi connectivity index (χ3n) is 7.57. The number of carbonyl (C=O) groups excluding carboxylic acids is 3. The van der Waals surface area contributed by atoms with Gasteiger partial charge in [0.05, 0.1) is 17.3 Å². The molecule has 2 atom stereocenters. The number of aromatic nitrogens is 1. The summed E-state index contributed by atoms with van der Waals surface area (Å²) in [6, 6.07) is 27.3. The number of amides is 3. The fraction of sp³-hybridized carbons (Fsp3) is 0.121. The SMILES string of the molecule is Cc1ccc(-c2[nH]c3ccccc3c2C2c3ccccc3C(=O)N2C(C)C(=O)NNC(=O)c2ccccc2F)cc1. The lowest BCUT2D eigenvalue weighted by atomic mass is 9.92. The van der Waals surface area contributed by atoms with Crippen molar-refractivity contribution in [1.29, 1.82) is 0 Å². The number of H-pyrrole nitrogens is 1. The first-order valence-corrected chi connectivity index (χ1v) is 13.3. The Bertz CT molecular complexity index is 1810. The maximum Gasteiger partial charge on any atom is 0.272 e. The number of aryl methyl sites for hydroxylation is 1. The summed E-state index contributed by atoms with van der Waals surface area (Å²) >= 11 is 0. The van der Waals surface area contributed by atoms with E-state index < -0.39 is 29.7 Å². The third kappa shape index (κ3) is 4.53. The summed E-state index contributed by atoms with van der Waals surface area (Å²) in [4.78, 5) is 44.9. The Morgan fingerprint density at radius 3 is 2.34 bits per heavy atom. The molecule has 3 amide bonds. The van der Waals surface area contributed by atoms with Crippen molar-refractivity contribution < 1.29 is 18.8 Å². The van der Waals surface area contributed by atoms with E-state index in [1.165, 1.54) is 18.2 Å². The summed E-state index contributed by atoms with van der Waals surface area (Å²) in [5, 5.41) is 0.933. The van der Waals surface area contributed by atoms with Gasteiger partial charge in [0.1, 0.15) is 11.9 Å². The first-order valence-electron chi connectivity index (χ1n) is 13.3. The molecule has 41 heavy (non-hydrogen) atoms. The van der Waals surface area contributed by atoms with E-state index in [1.54, 1.807) is 24.0 Å².